The van der Waals surface area contributed by atoms with E-state index in [-0.39, 0.29) is 23.8 Å². The number of H-pyrrole nitrogens is 1. The molecule has 164 valence electrons. The molecule has 1 aliphatic heterocycles. The predicted octanol–water partition coefficient (Wildman–Crippen LogP) is 3.29. The van der Waals surface area contributed by atoms with Crippen molar-refractivity contribution in [1.82, 2.24) is 9.97 Å². The fourth-order valence-corrected chi connectivity index (χ4v) is 3.50. The molecule has 1 aromatic heterocycles. The number of nitrogens with zero attached hydrogens (tertiary/aromatic N) is 1. The Balaban J connectivity index is 1.63. The second kappa shape index (κ2) is 8.93. The molecule has 1 aliphatic rings. The van der Waals surface area contributed by atoms with Crippen molar-refractivity contribution in [2.24, 2.45) is 0 Å². The zero-order valence-corrected chi connectivity index (χ0v) is 17.7. The number of carbonyl (C=O) groups excluding carboxylic acids is 2. The van der Waals surface area contributed by atoms with Crippen molar-refractivity contribution >= 4 is 35.0 Å². The molecular weight excluding hydrogens is 410 g/mol. The Morgan fingerprint density at radius 2 is 1.91 bits per heavy atom. The molecule has 0 fully saturated rings. The van der Waals surface area contributed by atoms with Crippen LogP contribution in [-0.4, -0.2) is 28.4 Å². The number of ether oxygens (including phenoxy) is 1. The number of nitrogens with one attached hydrogen (secondary N) is 4. The summed E-state index contributed by atoms with van der Waals surface area (Å²) in [7, 11) is 0. The van der Waals surface area contributed by atoms with Gasteiger partial charge in [-0.2, -0.15) is 4.98 Å². The van der Waals surface area contributed by atoms with Crippen LogP contribution in [0.3, 0.4) is 0 Å². The fraction of sp³-hybridized carbons (Fsp3) is 0.217. The van der Waals surface area contributed by atoms with Gasteiger partial charge in [0.2, 0.25) is 17.8 Å². The molecule has 2 aromatic carbocycles. The van der Waals surface area contributed by atoms with Crippen LogP contribution in [0, 0.1) is 6.92 Å². The fourth-order valence-electron chi connectivity index (χ4n) is 3.50. The Morgan fingerprint density at radius 1 is 1.16 bits per heavy atom. The molecule has 9 heteroatoms. The average Bonchev–Trinajstić information content (AvgIpc) is 2.76. The van der Waals surface area contributed by atoms with Gasteiger partial charge in [0.1, 0.15) is 11.6 Å². The highest BCUT2D eigenvalue weighted by Gasteiger charge is 2.35. The lowest BCUT2D eigenvalue weighted by atomic mass is 9.92. The lowest BCUT2D eigenvalue weighted by molar-refractivity contribution is -0.123. The third-order valence-electron chi connectivity index (χ3n) is 5.03. The molecule has 0 bridgehead atoms. The van der Waals surface area contributed by atoms with E-state index in [4.69, 9.17) is 4.74 Å². The van der Waals surface area contributed by atoms with E-state index in [0.29, 0.717) is 18.0 Å². The first-order chi connectivity index (χ1) is 15.4. The predicted molar refractivity (Wildman–Crippen MR) is 122 cm³/mol. The highest BCUT2D eigenvalue weighted by atomic mass is 16.5. The molecule has 3 aromatic rings. The first kappa shape index (κ1) is 21.1. The molecule has 4 N–H and O–H groups in total. The number of hydrogen-bond donors (Lipinski definition) is 4. The van der Waals surface area contributed by atoms with Crippen molar-refractivity contribution in [3.8, 4) is 5.75 Å². The Morgan fingerprint density at radius 3 is 2.66 bits per heavy atom. The summed E-state index contributed by atoms with van der Waals surface area (Å²) < 4.78 is 5.54. The van der Waals surface area contributed by atoms with Crippen molar-refractivity contribution in [2.75, 3.05) is 22.6 Å². The Kier molecular flexibility index (Phi) is 5.89. The minimum atomic E-state index is -0.988. The number of fused-ring (bicyclic) bond motifs is 1. The number of aryl methyl sites for hydroxylation is 1. The largest absolute Gasteiger partial charge is 0.492 e. The van der Waals surface area contributed by atoms with Crippen molar-refractivity contribution in [3.05, 3.63) is 70.0 Å². The van der Waals surface area contributed by atoms with Gasteiger partial charge in [-0.1, -0.05) is 29.8 Å². The van der Waals surface area contributed by atoms with Gasteiger partial charge in [-0.3, -0.25) is 19.4 Å². The number of para-hydroxylation sites is 2. The maximum Gasteiger partial charge on any atom is 0.258 e. The van der Waals surface area contributed by atoms with Gasteiger partial charge in [-0.05, 0) is 38.1 Å². The summed E-state index contributed by atoms with van der Waals surface area (Å²) in [6.07, 6.45) is -0.162. The molecule has 2 amide bonds. The van der Waals surface area contributed by atoms with Crippen LogP contribution in [-0.2, 0) is 9.59 Å². The number of aromatic nitrogens is 2. The Hall–Kier alpha value is -4.14. The SMILES string of the molecule is CCOc1ccccc1NC(=O)[C@H]1CC(=O)Nc2nc(Nc3ccc(C)cc3)[nH]c(=O)c21. The topological polar surface area (TPSA) is 125 Å². The van der Waals surface area contributed by atoms with Gasteiger partial charge in [0.15, 0.2) is 0 Å². The van der Waals surface area contributed by atoms with Gasteiger partial charge in [-0.25, -0.2) is 0 Å². The summed E-state index contributed by atoms with van der Waals surface area (Å²) in [6, 6.07) is 14.5. The molecule has 1 atom stereocenters. The van der Waals surface area contributed by atoms with Gasteiger partial charge in [0, 0.05) is 12.1 Å². The lowest BCUT2D eigenvalue weighted by Crippen LogP contribution is -2.36. The van der Waals surface area contributed by atoms with Gasteiger partial charge in [0.05, 0.1) is 23.8 Å². The van der Waals surface area contributed by atoms with Gasteiger partial charge >= 0.3 is 0 Å². The molecule has 9 nitrogen and oxygen atoms in total. The van der Waals surface area contributed by atoms with Crippen LogP contribution in [0.2, 0.25) is 0 Å². The van der Waals surface area contributed by atoms with Crippen molar-refractivity contribution < 1.29 is 14.3 Å². The number of anilines is 4. The van der Waals surface area contributed by atoms with Crippen molar-refractivity contribution in [2.45, 2.75) is 26.2 Å². The van der Waals surface area contributed by atoms with E-state index in [1.807, 2.05) is 38.1 Å². The lowest BCUT2D eigenvalue weighted by Gasteiger charge is -2.24. The number of hydrogen-bond acceptors (Lipinski definition) is 6. The first-order valence-corrected chi connectivity index (χ1v) is 10.2. The third-order valence-corrected chi connectivity index (χ3v) is 5.03. The zero-order chi connectivity index (χ0) is 22.7. The van der Waals surface area contributed by atoms with E-state index >= 15 is 0 Å². The smallest absolute Gasteiger partial charge is 0.258 e. The normalized spacial score (nSPS) is 14.8. The summed E-state index contributed by atoms with van der Waals surface area (Å²) in [5.41, 5.74) is 1.90. The number of rotatable bonds is 6. The standard InChI is InChI=1S/C23H23N5O4/c1-3-32-17-7-5-4-6-16(17)25-21(30)15-12-18(29)26-20-19(15)22(31)28-23(27-20)24-14-10-8-13(2)9-11-14/h4-11,15H,3,12H2,1-2H3,(H,25,30)(H3,24,26,27,28,29,31)/t15-/m0/s1. The quantitative estimate of drug-likeness (QED) is 0.473. The van der Waals surface area contributed by atoms with Crippen LogP contribution < -0.4 is 26.2 Å². The maximum atomic E-state index is 13.0. The van der Waals surface area contributed by atoms with Gasteiger partial charge < -0.3 is 20.7 Å². The summed E-state index contributed by atoms with van der Waals surface area (Å²) in [5.74, 6) is -1.12. The second-order valence-corrected chi connectivity index (χ2v) is 7.39. The van der Waals surface area contributed by atoms with E-state index in [2.05, 4.69) is 25.9 Å². The van der Waals surface area contributed by atoms with Crippen molar-refractivity contribution in [1.29, 1.82) is 0 Å². The number of benzene rings is 2. The van der Waals surface area contributed by atoms with Crippen molar-refractivity contribution in [3.63, 3.8) is 0 Å². The van der Waals surface area contributed by atoms with Crippen LogP contribution in [0.15, 0.2) is 53.3 Å². The third kappa shape index (κ3) is 4.46. The highest BCUT2D eigenvalue weighted by molar-refractivity contribution is 6.05. The summed E-state index contributed by atoms with van der Waals surface area (Å²) in [6.45, 7) is 4.24. The Labute approximate surface area is 184 Å². The highest BCUT2D eigenvalue weighted by Crippen LogP contribution is 2.32. The zero-order valence-electron chi connectivity index (χ0n) is 17.7. The maximum absolute atomic E-state index is 13.0. The Bertz CT molecular complexity index is 1220. The number of amides is 2. The minimum Gasteiger partial charge on any atom is -0.492 e. The van der Waals surface area contributed by atoms with Crippen LogP contribution in [0.5, 0.6) is 5.75 Å². The van der Waals surface area contributed by atoms with E-state index in [1.54, 1.807) is 24.3 Å². The number of carbonyl (C=O) groups is 2. The number of aromatic amines is 1. The molecule has 4 rings (SSSR count). The molecule has 0 aliphatic carbocycles. The molecule has 0 radical (unpaired) electrons. The van der Waals surface area contributed by atoms with Crippen LogP contribution in [0.1, 0.15) is 30.4 Å². The summed E-state index contributed by atoms with van der Waals surface area (Å²) in [4.78, 5) is 45.2. The van der Waals surface area contributed by atoms with Gasteiger partial charge in [-0.15, -0.1) is 0 Å². The molecule has 2 heterocycles. The van der Waals surface area contributed by atoms with Crippen LogP contribution >= 0.6 is 0 Å². The minimum absolute atomic E-state index is 0.0675. The molecule has 0 saturated heterocycles. The summed E-state index contributed by atoms with van der Waals surface area (Å²) >= 11 is 0. The molecule has 0 spiro atoms. The molecule has 0 unspecified atom stereocenters. The first-order valence-electron chi connectivity index (χ1n) is 10.2. The van der Waals surface area contributed by atoms with E-state index in [9.17, 15) is 14.4 Å². The van der Waals surface area contributed by atoms with E-state index in [1.165, 1.54) is 0 Å². The molecule has 32 heavy (non-hydrogen) atoms. The molecular formula is C23H23N5O4. The van der Waals surface area contributed by atoms with Crippen LogP contribution in [0.4, 0.5) is 23.1 Å². The molecule has 0 saturated carbocycles. The van der Waals surface area contributed by atoms with E-state index in [0.717, 1.165) is 11.3 Å². The second-order valence-electron chi connectivity index (χ2n) is 7.39. The average molecular weight is 433 g/mol. The van der Waals surface area contributed by atoms with E-state index < -0.39 is 23.3 Å². The van der Waals surface area contributed by atoms with Crippen LogP contribution in [0.25, 0.3) is 0 Å². The monoisotopic (exact) mass is 433 g/mol. The van der Waals surface area contributed by atoms with Gasteiger partial charge in [0.25, 0.3) is 5.56 Å². The summed E-state index contributed by atoms with van der Waals surface area (Å²) in [5, 5.41) is 8.38.